The maximum Gasteiger partial charge on any atom is 0.165 e. The molecule has 4 heterocycles. The minimum atomic E-state index is -0.162. The van der Waals surface area contributed by atoms with Gasteiger partial charge in [-0.3, -0.25) is 19.1 Å². The quantitative estimate of drug-likeness (QED) is 0.161. The highest BCUT2D eigenvalue weighted by Crippen LogP contribution is 2.32. The molecule has 1 unspecified atom stereocenters. The number of likely N-dealkylation sites (N-methyl/N-ethyl adjacent to an activating group) is 1. The third-order valence-electron chi connectivity index (χ3n) is 8.74. The lowest BCUT2D eigenvalue weighted by atomic mass is 10.1. The van der Waals surface area contributed by atoms with E-state index in [-0.39, 0.29) is 11.3 Å². The topological polar surface area (TPSA) is 139 Å². The van der Waals surface area contributed by atoms with Crippen LogP contribution in [0.15, 0.2) is 103 Å². The van der Waals surface area contributed by atoms with Crippen LogP contribution in [-0.2, 0) is 6.54 Å². The molecule has 0 spiro atoms. The number of aromatic hydroxyl groups is 1. The lowest BCUT2D eigenvalue weighted by Gasteiger charge is -2.24. The van der Waals surface area contributed by atoms with E-state index in [1.165, 1.54) is 43.0 Å². The van der Waals surface area contributed by atoms with Gasteiger partial charge in [0.05, 0.1) is 16.8 Å². The summed E-state index contributed by atoms with van der Waals surface area (Å²) >= 11 is 0. The number of carbonyl (C=O) groups is 2. The normalized spacial score (nSPS) is 14.8. The van der Waals surface area contributed by atoms with Gasteiger partial charge in [0.15, 0.2) is 17.8 Å². The van der Waals surface area contributed by atoms with Gasteiger partial charge >= 0.3 is 0 Å². The molecule has 1 atom stereocenters. The van der Waals surface area contributed by atoms with Crippen LogP contribution in [0.25, 0.3) is 39.5 Å². The smallest absolute Gasteiger partial charge is 0.165 e. The molecule has 0 aliphatic carbocycles. The molecule has 0 saturated carbocycles. The molecule has 1 saturated heterocycles. The number of nitrogens with two attached hydrogens (primary N) is 1. The number of imidazole rings is 1. The summed E-state index contributed by atoms with van der Waals surface area (Å²) in [6.07, 6.45) is 6.62. The van der Waals surface area contributed by atoms with Crippen molar-refractivity contribution < 1.29 is 14.7 Å². The molecule has 3 aromatic carbocycles. The van der Waals surface area contributed by atoms with E-state index in [9.17, 15) is 9.59 Å². The molecular weight excluding hydrogens is 614 g/mol. The molecule has 0 amide bonds. The van der Waals surface area contributed by atoms with Crippen molar-refractivity contribution in [3.05, 3.63) is 120 Å². The number of phenols is 1. The Morgan fingerprint density at radius 2 is 1.73 bits per heavy atom. The molecule has 49 heavy (non-hydrogen) atoms. The zero-order chi connectivity index (χ0) is 34.2. The third-order valence-corrected chi connectivity index (χ3v) is 8.74. The molecule has 7 rings (SSSR count). The Labute approximate surface area is 285 Å². The van der Waals surface area contributed by atoms with Crippen molar-refractivity contribution in [2.75, 3.05) is 25.9 Å². The molecule has 1 aliphatic heterocycles. The van der Waals surface area contributed by atoms with Gasteiger partial charge in [0.1, 0.15) is 23.4 Å². The number of hydrogen-bond donors (Lipinski definition) is 3. The fourth-order valence-electron chi connectivity index (χ4n) is 6.10. The van der Waals surface area contributed by atoms with Gasteiger partial charge in [-0.2, -0.15) is 0 Å². The van der Waals surface area contributed by atoms with Gasteiger partial charge in [0.2, 0.25) is 0 Å². The standard InChI is InChI=1S/C31H33N7.C8H6O3/c1-33-24-10-5-6-19-37(21-24)20-22-12-14-25(15-13-22)38-30(26-11-7-18-34-29(26)32)36-28-17-16-27(35-31(28)38)23-8-3-2-4-9-23;9-4-6-1-2-7(5-10)8(11)3-6/h2-4,7-9,11-18,24,33H,5-6,10,19-21H2,1H3,(H2,32,34);1-5,11H. The first-order chi connectivity index (χ1) is 24.0. The highest BCUT2D eigenvalue weighted by Gasteiger charge is 2.20. The average molecular weight is 654 g/mol. The number of rotatable bonds is 8. The molecule has 10 heteroatoms. The first-order valence-corrected chi connectivity index (χ1v) is 16.4. The maximum absolute atomic E-state index is 10.2. The number of hydrogen-bond acceptors (Lipinski definition) is 9. The number of anilines is 1. The Balaban J connectivity index is 0.000000324. The third kappa shape index (κ3) is 7.72. The number of nitrogen functional groups attached to an aromatic ring is 1. The number of likely N-dealkylation sites (tertiary alicyclic amines) is 1. The minimum absolute atomic E-state index is 0.162. The largest absolute Gasteiger partial charge is 0.507 e. The van der Waals surface area contributed by atoms with E-state index in [2.05, 4.69) is 63.2 Å². The Kier molecular flexibility index (Phi) is 10.5. The summed E-state index contributed by atoms with van der Waals surface area (Å²) in [5, 5.41) is 12.5. The number of aromatic nitrogens is 4. The van der Waals surface area contributed by atoms with E-state index < -0.39 is 0 Å². The molecule has 6 aromatic rings. The van der Waals surface area contributed by atoms with Gasteiger partial charge in [-0.15, -0.1) is 0 Å². The lowest BCUT2D eigenvalue weighted by Crippen LogP contribution is -2.37. The fourth-order valence-corrected chi connectivity index (χ4v) is 6.10. The number of phenolic OH excluding ortho intramolecular Hbond substituents is 1. The van der Waals surface area contributed by atoms with Crippen molar-refractivity contribution in [3.8, 4) is 34.1 Å². The molecule has 0 bridgehead atoms. The van der Waals surface area contributed by atoms with Crippen molar-refractivity contribution >= 4 is 29.6 Å². The van der Waals surface area contributed by atoms with E-state index in [1.54, 1.807) is 6.20 Å². The molecule has 0 radical (unpaired) electrons. The Morgan fingerprint density at radius 3 is 2.45 bits per heavy atom. The number of nitrogens with zero attached hydrogens (tertiary/aromatic N) is 5. The highest BCUT2D eigenvalue weighted by atomic mass is 16.3. The van der Waals surface area contributed by atoms with Crippen LogP contribution in [0.2, 0.25) is 0 Å². The number of carbonyl (C=O) groups excluding carboxylic acids is 2. The number of fused-ring (bicyclic) bond motifs is 1. The van der Waals surface area contributed by atoms with E-state index >= 15 is 0 Å². The van der Waals surface area contributed by atoms with Crippen molar-refractivity contribution in [3.63, 3.8) is 0 Å². The zero-order valence-electron chi connectivity index (χ0n) is 27.4. The second-order valence-corrected chi connectivity index (χ2v) is 12.0. The summed E-state index contributed by atoms with van der Waals surface area (Å²) in [6, 6.07) is 31.6. The number of benzene rings is 3. The molecule has 10 nitrogen and oxygen atoms in total. The predicted octanol–water partition coefficient (Wildman–Crippen LogP) is 6.32. The second-order valence-electron chi connectivity index (χ2n) is 12.0. The number of aldehydes is 2. The SMILES string of the molecule is CNC1CCCCN(Cc2ccc(-n3c(-c4cccnc4N)nc4ccc(-c5ccccc5)nc43)cc2)C1.O=Cc1ccc(C=O)c(O)c1. The van der Waals surface area contributed by atoms with Crippen LogP contribution >= 0.6 is 0 Å². The molecule has 3 aromatic heterocycles. The molecular formula is C39H39N7O3. The first-order valence-electron chi connectivity index (χ1n) is 16.4. The summed E-state index contributed by atoms with van der Waals surface area (Å²) in [7, 11) is 2.07. The Bertz CT molecular complexity index is 2040. The van der Waals surface area contributed by atoms with Crippen LogP contribution in [-0.4, -0.2) is 68.3 Å². The minimum Gasteiger partial charge on any atom is -0.507 e. The Hall–Kier alpha value is -5.71. The fraction of sp³-hybridized carbons (Fsp3) is 0.205. The Morgan fingerprint density at radius 1 is 0.918 bits per heavy atom. The average Bonchev–Trinajstić information content (AvgIpc) is 3.36. The van der Waals surface area contributed by atoms with Crippen molar-refractivity contribution in [2.45, 2.75) is 31.8 Å². The van der Waals surface area contributed by atoms with Gasteiger partial charge in [-0.05, 0) is 80.5 Å². The van der Waals surface area contributed by atoms with E-state index in [4.69, 9.17) is 20.8 Å². The second kappa shape index (κ2) is 15.5. The van der Waals surface area contributed by atoms with E-state index in [0.717, 1.165) is 59.1 Å². The summed E-state index contributed by atoms with van der Waals surface area (Å²) in [5.41, 5.74) is 13.5. The van der Waals surface area contributed by atoms with Gasteiger partial charge in [0.25, 0.3) is 0 Å². The molecule has 1 fully saturated rings. The molecule has 4 N–H and O–H groups in total. The van der Waals surface area contributed by atoms with Crippen LogP contribution in [0.4, 0.5) is 5.82 Å². The monoisotopic (exact) mass is 653 g/mol. The maximum atomic E-state index is 10.2. The molecule has 1 aliphatic rings. The summed E-state index contributed by atoms with van der Waals surface area (Å²) in [6.45, 7) is 3.17. The van der Waals surface area contributed by atoms with E-state index in [1.807, 2.05) is 42.5 Å². The predicted molar refractivity (Wildman–Crippen MR) is 193 cm³/mol. The van der Waals surface area contributed by atoms with Crippen molar-refractivity contribution in [2.24, 2.45) is 0 Å². The highest BCUT2D eigenvalue weighted by molar-refractivity contribution is 5.85. The van der Waals surface area contributed by atoms with Crippen LogP contribution in [0.3, 0.4) is 0 Å². The summed E-state index contributed by atoms with van der Waals surface area (Å²) in [5.74, 6) is 1.02. The molecule has 248 valence electrons. The summed E-state index contributed by atoms with van der Waals surface area (Å²) in [4.78, 5) is 37.2. The van der Waals surface area contributed by atoms with Crippen LogP contribution < -0.4 is 11.1 Å². The van der Waals surface area contributed by atoms with Gasteiger partial charge < -0.3 is 16.2 Å². The number of nitrogens with one attached hydrogen (secondary N) is 1. The first kappa shape index (κ1) is 33.2. The van der Waals surface area contributed by atoms with Crippen LogP contribution in [0.5, 0.6) is 5.75 Å². The summed E-state index contributed by atoms with van der Waals surface area (Å²) < 4.78 is 2.10. The van der Waals surface area contributed by atoms with Crippen LogP contribution in [0, 0.1) is 0 Å². The van der Waals surface area contributed by atoms with Gasteiger partial charge in [-0.25, -0.2) is 15.0 Å². The lowest BCUT2D eigenvalue weighted by molar-refractivity contribution is 0.111. The van der Waals surface area contributed by atoms with Crippen molar-refractivity contribution in [1.29, 1.82) is 0 Å². The van der Waals surface area contributed by atoms with Crippen molar-refractivity contribution in [1.82, 2.24) is 29.7 Å². The zero-order valence-corrected chi connectivity index (χ0v) is 27.4. The van der Waals surface area contributed by atoms with Gasteiger partial charge in [0, 0.05) is 42.1 Å². The van der Waals surface area contributed by atoms with E-state index in [0.29, 0.717) is 30.0 Å². The van der Waals surface area contributed by atoms with Gasteiger partial charge in [-0.1, -0.05) is 55.0 Å². The van der Waals surface area contributed by atoms with Crippen LogP contribution in [0.1, 0.15) is 45.5 Å². The number of pyridine rings is 2.